The third kappa shape index (κ3) is 3.36. The highest BCUT2D eigenvalue weighted by atomic mass is 35.5. The SMILES string of the molecule is CC(CN)COc1ccc(Cl)cc1[N+](=O)[O-]. The molecule has 6 heteroatoms. The van der Waals surface area contributed by atoms with E-state index in [-0.39, 0.29) is 17.4 Å². The lowest BCUT2D eigenvalue weighted by molar-refractivity contribution is -0.385. The monoisotopic (exact) mass is 244 g/mol. The molecular formula is C10H13ClN2O3. The zero-order valence-electron chi connectivity index (χ0n) is 8.85. The first-order valence-corrected chi connectivity index (χ1v) is 5.19. The van der Waals surface area contributed by atoms with Gasteiger partial charge in [0.1, 0.15) is 0 Å². The number of nitrogens with two attached hydrogens (primary N) is 1. The van der Waals surface area contributed by atoms with Gasteiger partial charge in [0, 0.05) is 17.0 Å². The fourth-order valence-corrected chi connectivity index (χ4v) is 1.22. The minimum atomic E-state index is -0.520. The molecule has 5 nitrogen and oxygen atoms in total. The summed E-state index contributed by atoms with van der Waals surface area (Å²) in [6, 6.07) is 4.31. The molecule has 0 amide bonds. The van der Waals surface area contributed by atoms with Gasteiger partial charge in [-0.1, -0.05) is 18.5 Å². The third-order valence-corrected chi connectivity index (χ3v) is 2.28. The molecule has 1 unspecified atom stereocenters. The first-order valence-electron chi connectivity index (χ1n) is 4.81. The first-order chi connectivity index (χ1) is 7.54. The van der Waals surface area contributed by atoms with Gasteiger partial charge in [-0.05, 0) is 18.7 Å². The average Bonchev–Trinajstić information content (AvgIpc) is 2.26. The Morgan fingerprint density at radius 1 is 1.62 bits per heavy atom. The summed E-state index contributed by atoms with van der Waals surface area (Å²) in [5, 5.41) is 11.0. The molecule has 0 aliphatic carbocycles. The second-order valence-corrected chi connectivity index (χ2v) is 3.96. The van der Waals surface area contributed by atoms with Crippen molar-refractivity contribution in [1.82, 2.24) is 0 Å². The van der Waals surface area contributed by atoms with Gasteiger partial charge in [-0.2, -0.15) is 0 Å². The Morgan fingerprint density at radius 2 is 2.31 bits per heavy atom. The summed E-state index contributed by atoms with van der Waals surface area (Å²) in [7, 11) is 0. The highest BCUT2D eigenvalue weighted by Gasteiger charge is 2.16. The summed E-state index contributed by atoms with van der Waals surface area (Å²) in [6.07, 6.45) is 0. The van der Waals surface area contributed by atoms with Crippen molar-refractivity contribution < 1.29 is 9.66 Å². The van der Waals surface area contributed by atoms with E-state index in [0.29, 0.717) is 18.2 Å². The normalized spacial score (nSPS) is 12.2. The minimum absolute atomic E-state index is 0.128. The second-order valence-electron chi connectivity index (χ2n) is 3.52. The molecule has 0 aromatic heterocycles. The lowest BCUT2D eigenvalue weighted by atomic mass is 10.2. The van der Waals surface area contributed by atoms with Crippen LogP contribution in [0.2, 0.25) is 5.02 Å². The molecule has 0 radical (unpaired) electrons. The Morgan fingerprint density at radius 3 is 2.88 bits per heavy atom. The van der Waals surface area contributed by atoms with Gasteiger partial charge in [0.2, 0.25) is 0 Å². The van der Waals surface area contributed by atoms with Gasteiger partial charge in [-0.25, -0.2) is 0 Å². The van der Waals surface area contributed by atoms with Crippen LogP contribution in [0.25, 0.3) is 0 Å². The molecule has 1 atom stereocenters. The molecule has 0 heterocycles. The van der Waals surface area contributed by atoms with Crippen LogP contribution >= 0.6 is 11.6 Å². The Kier molecular flexibility index (Phi) is 4.52. The predicted octanol–water partition coefficient (Wildman–Crippen LogP) is 2.22. The van der Waals surface area contributed by atoms with Gasteiger partial charge in [-0.3, -0.25) is 10.1 Å². The van der Waals surface area contributed by atoms with Crippen LogP contribution in [0.1, 0.15) is 6.92 Å². The molecule has 16 heavy (non-hydrogen) atoms. The van der Waals surface area contributed by atoms with E-state index in [2.05, 4.69) is 0 Å². The van der Waals surface area contributed by atoms with Crippen molar-refractivity contribution in [3.05, 3.63) is 33.3 Å². The summed E-state index contributed by atoms with van der Waals surface area (Å²) >= 11 is 5.67. The van der Waals surface area contributed by atoms with Gasteiger partial charge in [0.15, 0.2) is 5.75 Å². The van der Waals surface area contributed by atoms with Crippen LogP contribution < -0.4 is 10.5 Å². The van der Waals surface area contributed by atoms with E-state index in [1.807, 2.05) is 6.92 Å². The molecule has 0 bridgehead atoms. The van der Waals surface area contributed by atoms with Crippen molar-refractivity contribution in [2.24, 2.45) is 11.7 Å². The standard InChI is InChI=1S/C10H13ClN2O3/c1-7(5-12)6-16-10-3-2-8(11)4-9(10)13(14)15/h2-4,7H,5-6,12H2,1H3. The molecule has 1 rings (SSSR count). The number of hydrogen-bond acceptors (Lipinski definition) is 4. The summed E-state index contributed by atoms with van der Waals surface area (Å²) < 4.78 is 5.33. The van der Waals surface area contributed by atoms with Crippen LogP contribution in [0, 0.1) is 16.0 Å². The van der Waals surface area contributed by atoms with Gasteiger partial charge >= 0.3 is 5.69 Å². The lowest BCUT2D eigenvalue weighted by Gasteiger charge is -2.10. The number of halogens is 1. The first kappa shape index (κ1) is 12.7. The molecule has 88 valence electrons. The Bertz CT molecular complexity index is 384. The number of hydrogen-bond donors (Lipinski definition) is 1. The quantitative estimate of drug-likeness (QED) is 0.636. The number of ether oxygens (including phenoxy) is 1. The van der Waals surface area contributed by atoms with E-state index >= 15 is 0 Å². The number of nitro benzene ring substituents is 1. The Balaban J connectivity index is 2.82. The molecular weight excluding hydrogens is 232 g/mol. The van der Waals surface area contributed by atoms with E-state index in [9.17, 15) is 10.1 Å². The molecule has 0 saturated carbocycles. The molecule has 1 aromatic carbocycles. The summed E-state index contributed by atoms with van der Waals surface area (Å²) in [5.41, 5.74) is 5.30. The van der Waals surface area contributed by atoms with Crippen molar-refractivity contribution in [2.45, 2.75) is 6.92 Å². The van der Waals surface area contributed by atoms with Crippen LogP contribution in [-0.4, -0.2) is 18.1 Å². The van der Waals surface area contributed by atoms with Gasteiger partial charge in [-0.15, -0.1) is 0 Å². The van der Waals surface area contributed by atoms with Crippen LogP contribution in [0.4, 0.5) is 5.69 Å². The van der Waals surface area contributed by atoms with Crippen molar-refractivity contribution in [1.29, 1.82) is 0 Å². The van der Waals surface area contributed by atoms with Crippen LogP contribution in [0.5, 0.6) is 5.75 Å². The molecule has 0 aliphatic rings. The average molecular weight is 245 g/mol. The summed E-state index contributed by atoms with van der Waals surface area (Å²) in [5.74, 6) is 0.366. The maximum atomic E-state index is 10.7. The number of nitrogens with zero attached hydrogens (tertiary/aromatic N) is 1. The van der Waals surface area contributed by atoms with E-state index in [1.165, 1.54) is 12.1 Å². The van der Waals surface area contributed by atoms with E-state index in [0.717, 1.165) is 0 Å². The second kappa shape index (κ2) is 5.67. The fourth-order valence-electron chi connectivity index (χ4n) is 1.06. The van der Waals surface area contributed by atoms with Crippen LogP contribution in [-0.2, 0) is 0 Å². The smallest absolute Gasteiger partial charge is 0.312 e. The topological polar surface area (TPSA) is 78.4 Å². The van der Waals surface area contributed by atoms with Gasteiger partial charge in [0.25, 0.3) is 0 Å². The molecule has 0 spiro atoms. The number of benzene rings is 1. The zero-order chi connectivity index (χ0) is 12.1. The van der Waals surface area contributed by atoms with E-state index in [1.54, 1.807) is 6.07 Å². The maximum Gasteiger partial charge on any atom is 0.312 e. The zero-order valence-corrected chi connectivity index (χ0v) is 9.61. The highest BCUT2D eigenvalue weighted by Crippen LogP contribution is 2.30. The molecule has 2 N–H and O–H groups in total. The maximum absolute atomic E-state index is 10.7. The van der Waals surface area contributed by atoms with Crippen LogP contribution in [0.15, 0.2) is 18.2 Å². The minimum Gasteiger partial charge on any atom is -0.486 e. The van der Waals surface area contributed by atoms with Crippen molar-refractivity contribution in [2.75, 3.05) is 13.2 Å². The van der Waals surface area contributed by atoms with Gasteiger partial charge in [0.05, 0.1) is 11.5 Å². The highest BCUT2D eigenvalue weighted by molar-refractivity contribution is 6.30. The summed E-state index contributed by atoms with van der Waals surface area (Å²) in [6.45, 7) is 2.72. The van der Waals surface area contributed by atoms with Gasteiger partial charge < -0.3 is 10.5 Å². The van der Waals surface area contributed by atoms with E-state index in [4.69, 9.17) is 22.1 Å². The molecule has 0 fully saturated rings. The summed E-state index contributed by atoms with van der Waals surface area (Å²) in [4.78, 5) is 10.2. The Hall–Kier alpha value is -1.33. The van der Waals surface area contributed by atoms with Crippen molar-refractivity contribution in [3.8, 4) is 5.75 Å². The van der Waals surface area contributed by atoms with Crippen molar-refractivity contribution in [3.63, 3.8) is 0 Å². The number of nitro groups is 1. The third-order valence-electron chi connectivity index (χ3n) is 2.04. The lowest BCUT2D eigenvalue weighted by Crippen LogP contribution is -2.18. The van der Waals surface area contributed by atoms with Crippen LogP contribution in [0.3, 0.4) is 0 Å². The Labute approximate surface area is 98.3 Å². The van der Waals surface area contributed by atoms with E-state index < -0.39 is 4.92 Å². The number of rotatable bonds is 5. The molecule has 0 saturated heterocycles. The van der Waals surface area contributed by atoms with Crippen molar-refractivity contribution >= 4 is 17.3 Å². The fraction of sp³-hybridized carbons (Fsp3) is 0.400. The largest absolute Gasteiger partial charge is 0.486 e. The molecule has 1 aromatic rings. The predicted molar refractivity (Wildman–Crippen MR) is 61.8 cm³/mol. The molecule has 0 aliphatic heterocycles.